The number of aromatic nitrogens is 2. The van der Waals surface area contributed by atoms with Crippen LogP contribution in [0.3, 0.4) is 0 Å². The molecule has 0 aliphatic heterocycles. The Morgan fingerprint density at radius 3 is 2.81 bits per heavy atom. The van der Waals surface area contributed by atoms with Gasteiger partial charge in [0.2, 0.25) is 0 Å². The molecule has 26 heavy (non-hydrogen) atoms. The number of nitrogens with zero attached hydrogens (tertiary/aromatic N) is 3. The van der Waals surface area contributed by atoms with E-state index in [1.54, 1.807) is 0 Å². The molecule has 2 heterocycles. The SMILES string of the molecule is Cc1nc(NC[C@@H](c2ccccc2Cl)N(C)C)c2c3c(sc2n1)CCC3. The van der Waals surface area contributed by atoms with Crippen LogP contribution < -0.4 is 5.32 Å². The average molecular weight is 387 g/mol. The Kier molecular flexibility index (Phi) is 4.86. The highest BCUT2D eigenvalue weighted by Gasteiger charge is 2.23. The van der Waals surface area contributed by atoms with E-state index in [2.05, 4.69) is 35.4 Å². The van der Waals surface area contributed by atoms with Crippen molar-refractivity contribution in [2.75, 3.05) is 26.0 Å². The van der Waals surface area contributed by atoms with Gasteiger partial charge in [0.25, 0.3) is 0 Å². The fraction of sp³-hybridized carbons (Fsp3) is 0.400. The number of hydrogen-bond acceptors (Lipinski definition) is 5. The molecule has 4 rings (SSSR count). The van der Waals surface area contributed by atoms with Crippen molar-refractivity contribution >= 4 is 39.0 Å². The number of halogens is 1. The minimum Gasteiger partial charge on any atom is -0.367 e. The van der Waals surface area contributed by atoms with Crippen LogP contribution in [0.5, 0.6) is 0 Å². The lowest BCUT2D eigenvalue weighted by Gasteiger charge is -2.26. The molecule has 1 aliphatic rings. The molecule has 0 unspecified atom stereocenters. The van der Waals surface area contributed by atoms with Crippen molar-refractivity contribution in [2.24, 2.45) is 0 Å². The third kappa shape index (κ3) is 3.20. The minimum absolute atomic E-state index is 0.167. The number of anilines is 1. The predicted octanol–water partition coefficient (Wildman–Crippen LogP) is 4.86. The molecular weight excluding hydrogens is 364 g/mol. The second kappa shape index (κ2) is 7.14. The molecule has 0 saturated heterocycles. The summed E-state index contributed by atoms with van der Waals surface area (Å²) >= 11 is 8.28. The van der Waals surface area contributed by atoms with Gasteiger partial charge in [-0.1, -0.05) is 29.8 Å². The van der Waals surface area contributed by atoms with Crippen molar-refractivity contribution in [2.45, 2.75) is 32.2 Å². The van der Waals surface area contributed by atoms with Crippen molar-refractivity contribution in [3.05, 3.63) is 51.1 Å². The van der Waals surface area contributed by atoms with E-state index in [1.807, 2.05) is 36.5 Å². The lowest BCUT2D eigenvalue weighted by Crippen LogP contribution is -2.27. The van der Waals surface area contributed by atoms with Crippen LogP contribution in [0.2, 0.25) is 5.02 Å². The van der Waals surface area contributed by atoms with E-state index in [0.717, 1.165) is 40.0 Å². The molecule has 6 heteroatoms. The van der Waals surface area contributed by atoms with E-state index in [9.17, 15) is 0 Å². The molecule has 136 valence electrons. The largest absolute Gasteiger partial charge is 0.367 e. The van der Waals surface area contributed by atoms with Crippen molar-refractivity contribution < 1.29 is 0 Å². The maximum atomic E-state index is 6.45. The highest BCUT2D eigenvalue weighted by atomic mass is 35.5. The first kappa shape index (κ1) is 17.7. The smallest absolute Gasteiger partial charge is 0.138 e. The van der Waals surface area contributed by atoms with E-state index < -0.39 is 0 Å². The Morgan fingerprint density at radius 1 is 1.23 bits per heavy atom. The van der Waals surface area contributed by atoms with Gasteiger partial charge in [-0.25, -0.2) is 9.97 Å². The van der Waals surface area contributed by atoms with Crippen molar-refractivity contribution in [3.8, 4) is 0 Å². The van der Waals surface area contributed by atoms with Gasteiger partial charge in [0, 0.05) is 16.4 Å². The first-order chi connectivity index (χ1) is 12.5. The summed E-state index contributed by atoms with van der Waals surface area (Å²) in [6.45, 7) is 2.71. The maximum absolute atomic E-state index is 6.45. The van der Waals surface area contributed by atoms with Gasteiger partial charge in [-0.3, -0.25) is 0 Å². The Labute approximate surface area is 163 Å². The van der Waals surface area contributed by atoms with E-state index in [1.165, 1.54) is 28.7 Å². The average Bonchev–Trinajstić information content (AvgIpc) is 3.16. The third-order valence-corrected chi connectivity index (χ3v) is 6.56. The van der Waals surface area contributed by atoms with Crippen LogP contribution in [0.15, 0.2) is 24.3 Å². The normalized spacial score (nSPS) is 14.8. The van der Waals surface area contributed by atoms with E-state index in [4.69, 9.17) is 16.6 Å². The van der Waals surface area contributed by atoms with Gasteiger partial charge in [-0.15, -0.1) is 11.3 Å². The molecule has 1 aromatic carbocycles. The number of rotatable bonds is 5. The molecule has 4 nitrogen and oxygen atoms in total. The number of benzene rings is 1. The molecule has 1 N–H and O–H groups in total. The zero-order valence-electron chi connectivity index (χ0n) is 15.3. The summed E-state index contributed by atoms with van der Waals surface area (Å²) in [7, 11) is 4.16. The lowest BCUT2D eigenvalue weighted by molar-refractivity contribution is 0.312. The Bertz CT molecular complexity index is 950. The fourth-order valence-electron chi connectivity index (χ4n) is 3.74. The summed E-state index contributed by atoms with van der Waals surface area (Å²) < 4.78 is 0. The fourth-order valence-corrected chi connectivity index (χ4v) is 5.31. The summed E-state index contributed by atoms with van der Waals surface area (Å²) in [5, 5.41) is 5.63. The van der Waals surface area contributed by atoms with E-state index in [0.29, 0.717) is 0 Å². The molecule has 0 spiro atoms. The molecule has 0 fully saturated rings. The van der Waals surface area contributed by atoms with Gasteiger partial charge >= 0.3 is 0 Å². The quantitative estimate of drug-likeness (QED) is 0.680. The van der Waals surface area contributed by atoms with Crippen LogP contribution in [0.1, 0.15) is 34.3 Å². The molecule has 3 aromatic rings. The molecule has 0 amide bonds. The second-order valence-electron chi connectivity index (χ2n) is 7.04. The van der Waals surface area contributed by atoms with E-state index in [-0.39, 0.29) is 6.04 Å². The van der Waals surface area contributed by atoms with Crippen LogP contribution in [0.4, 0.5) is 5.82 Å². The van der Waals surface area contributed by atoms with Crippen LogP contribution in [0.25, 0.3) is 10.2 Å². The number of likely N-dealkylation sites (N-methyl/N-ethyl adjacent to an activating group) is 1. The van der Waals surface area contributed by atoms with Crippen molar-refractivity contribution in [1.29, 1.82) is 0 Å². The van der Waals surface area contributed by atoms with Crippen LogP contribution in [-0.4, -0.2) is 35.5 Å². The number of aryl methyl sites for hydroxylation is 3. The monoisotopic (exact) mass is 386 g/mol. The summed E-state index contributed by atoms with van der Waals surface area (Å²) in [5.41, 5.74) is 2.58. The van der Waals surface area contributed by atoms with Crippen molar-refractivity contribution in [1.82, 2.24) is 14.9 Å². The zero-order valence-corrected chi connectivity index (χ0v) is 16.9. The van der Waals surface area contributed by atoms with Crippen LogP contribution in [-0.2, 0) is 12.8 Å². The maximum Gasteiger partial charge on any atom is 0.138 e. The molecule has 1 atom stereocenters. The molecular formula is C20H23ClN4S. The summed E-state index contributed by atoms with van der Waals surface area (Å²) in [6, 6.07) is 8.22. The number of nitrogens with one attached hydrogen (secondary N) is 1. The Hall–Kier alpha value is -1.69. The Balaban J connectivity index is 1.67. The summed E-state index contributed by atoms with van der Waals surface area (Å²) in [4.78, 5) is 14.2. The number of fused-ring (bicyclic) bond motifs is 3. The second-order valence-corrected chi connectivity index (χ2v) is 8.53. The van der Waals surface area contributed by atoms with Crippen LogP contribution >= 0.6 is 22.9 Å². The van der Waals surface area contributed by atoms with Gasteiger partial charge < -0.3 is 10.2 Å². The topological polar surface area (TPSA) is 41.1 Å². The molecule has 0 radical (unpaired) electrons. The first-order valence-electron chi connectivity index (χ1n) is 8.98. The predicted molar refractivity (Wildman–Crippen MR) is 111 cm³/mol. The van der Waals surface area contributed by atoms with Gasteiger partial charge in [-0.2, -0.15) is 0 Å². The zero-order chi connectivity index (χ0) is 18.3. The molecule has 0 bridgehead atoms. The van der Waals surface area contributed by atoms with E-state index >= 15 is 0 Å². The van der Waals surface area contributed by atoms with Gasteiger partial charge in [-0.05, 0) is 57.5 Å². The van der Waals surface area contributed by atoms with Crippen molar-refractivity contribution in [3.63, 3.8) is 0 Å². The van der Waals surface area contributed by atoms with Gasteiger partial charge in [0.1, 0.15) is 16.5 Å². The molecule has 2 aromatic heterocycles. The standard InChI is InChI=1S/C20H23ClN4S/c1-12-23-19(18-14-8-6-10-17(14)26-20(18)24-12)22-11-16(25(2)3)13-7-4-5-9-15(13)21/h4-5,7,9,16H,6,8,10-11H2,1-3H3,(H,22,23,24)/t16-/m0/s1. The Morgan fingerprint density at radius 2 is 2.04 bits per heavy atom. The highest BCUT2D eigenvalue weighted by molar-refractivity contribution is 7.19. The van der Waals surface area contributed by atoms with Crippen LogP contribution in [0, 0.1) is 6.92 Å². The van der Waals surface area contributed by atoms with Gasteiger partial charge in [0.05, 0.1) is 11.4 Å². The summed E-state index contributed by atoms with van der Waals surface area (Å²) in [5.74, 6) is 1.78. The molecule has 1 aliphatic carbocycles. The molecule has 0 saturated carbocycles. The number of thiophene rings is 1. The summed E-state index contributed by atoms with van der Waals surface area (Å²) in [6.07, 6.45) is 3.55. The first-order valence-corrected chi connectivity index (χ1v) is 10.2. The highest BCUT2D eigenvalue weighted by Crippen LogP contribution is 2.39. The minimum atomic E-state index is 0.167. The third-order valence-electron chi connectivity index (χ3n) is 5.03. The van der Waals surface area contributed by atoms with Gasteiger partial charge in [0.15, 0.2) is 0 Å². The number of hydrogen-bond donors (Lipinski definition) is 1. The lowest BCUT2D eigenvalue weighted by atomic mass is 10.1.